The van der Waals surface area contributed by atoms with E-state index in [1.165, 1.54) is 24.6 Å². The van der Waals surface area contributed by atoms with Crippen molar-refractivity contribution in [1.82, 2.24) is 10.3 Å². The fourth-order valence-corrected chi connectivity index (χ4v) is 4.52. The lowest BCUT2D eigenvalue weighted by molar-refractivity contribution is -0.118. The number of nitrogens with one attached hydrogen (secondary N) is 1. The number of nitrogens with zero attached hydrogens (tertiary/aromatic N) is 2. The van der Waals surface area contributed by atoms with E-state index in [4.69, 9.17) is 9.47 Å². The highest BCUT2D eigenvalue weighted by Crippen LogP contribution is 2.38. The smallest absolute Gasteiger partial charge is 0.279 e. The van der Waals surface area contributed by atoms with E-state index >= 15 is 0 Å². The highest BCUT2D eigenvalue weighted by atomic mass is 32.2. The highest BCUT2D eigenvalue weighted by molar-refractivity contribution is 8.15. The van der Waals surface area contributed by atoms with E-state index in [9.17, 15) is 9.59 Å². The minimum absolute atomic E-state index is 0.0737. The van der Waals surface area contributed by atoms with Crippen LogP contribution < -0.4 is 14.8 Å². The van der Waals surface area contributed by atoms with Crippen LogP contribution >= 0.6 is 23.5 Å². The van der Waals surface area contributed by atoms with Gasteiger partial charge in [-0.2, -0.15) is 4.99 Å². The number of benzene rings is 1. The molecule has 7 nitrogen and oxygen atoms in total. The van der Waals surface area contributed by atoms with Crippen LogP contribution in [0, 0.1) is 0 Å². The molecule has 2 amide bonds. The molecule has 162 valence electrons. The van der Waals surface area contributed by atoms with Gasteiger partial charge in [0.15, 0.2) is 5.17 Å². The molecule has 1 aliphatic carbocycles. The molecular formula is C22H23N3O4S2. The van der Waals surface area contributed by atoms with Crippen molar-refractivity contribution in [2.75, 3.05) is 0 Å². The molecular weight excluding hydrogens is 434 g/mol. The van der Waals surface area contributed by atoms with Gasteiger partial charge >= 0.3 is 0 Å². The van der Waals surface area contributed by atoms with Crippen LogP contribution in [0.3, 0.4) is 0 Å². The van der Waals surface area contributed by atoms with E-state index in [0.29, 0.717) is 33.2 Å². The van der Waals surface area contributed by atoms with Crippen molar-refractivity contribution in [1.29, 1.82) is 0 Å². The van der Waals surface area contributed by atoms with Crippen LogP contribution in [0.4, 0.5) is 0 Å². The molecule has 1 atom stereocenters. The number of hydrogen-bond donors (Lipinski definition) is 1. The molecule has 1 saturated carbocycles. The summed E-state index contributed by atoms with van der Waals surface area (Å²) in [6.45, 7) is 5.57. The van der Waals surface area contributed by atoms with Gasteiger partial charge in [-0.3, -0.25) is 9.59 Å². The highest BCUT2D eigenvalue weighted by Gasteiger charge is 2.27. The van der Waals surface area contributed by atoms with Crippen molar-refractivity contribution in [3.8, 4) is 17.2 Å². The van der Waals surface area contributed by atoms with Crippen molar-refractivity contribution < 1.29 is 19.1 Å². The van der Waals surface area contributed by atoms with Gasteiger partial charge in [-0.25, -0.2) is 4.98 Å². The van der Waals surface area contributed by atoms with E-state index in [-0.39, 0.29) is 17.3 Å². The normalized spacial score (nSPS) is 19.5. The molecule has 1 saturated heterocycles. The lowest BCUT2D eigenvalue weighted by Crippen LogP contribution is -2.23. The standard InChI is InChI=1S/C22H23N3O4S2/c1-12(2)28-16-8-14(21(27)25-22-24-20(26)13(3)30-22)9-17(10-16)29-15-4-7-19(23-11-15)31-18-5-6-18/h4,7-13,18H,5-6H2,1-3H3,(H,24,25,26,27). The number of aliphatic imine (C=N–C) groups is 1. The first-order valence-electron chi connectivity index (χ1n) is 10.1. The van der Waals surface area contributed by atoms with Gasteiger partial charge in [0.1, 0.15) is 17.2 Å². The molecule has 1 aromatic heterocycles. The molecule has 0 bridgehead atoms. The number of amides is 2. The van der Waals surface area contributed by atoms with Crippen molar-refractivity contribution in [3.63, 3.8) is 0 Å². The Labute approximate surface area is 189 Å². The SMILES string of the molecule is CC(C)Oc1cc(Oc2ccc(SC3CC3)nc2)cc(C(=O)N=C2NC(=O)C(C)S2)c1. The molecule has 2 aromatic rings. The van der Waals surface area contributed by atoms with Gasteiger partial charge in [-0.05, 0) is 57.9 Å². The molecule has 9 heteroatoms. The number of thioether (sulfide) groups is 2. The van der Waals surface area contributed by atoms with Crippen LogP contribution in [0.15, 0.2) is 46.5 Å². The van der Waals surface area contributed by atoms with Crippen LogP contribution in [0.25, 0.3) is 0 Å². The summed E-state index contributed by atoms with van der Waals surface area (Å²) in [5.41, 5.74) is 0.309. The molecule has 0 spiro atoms. The number of carbonyl (C=O) groups excluding carboxylic acids is 2. The fraction of sp³-hybridized carbons (Fsp3) is 0.364. The molecule has 2 fully saturated rings. The van der Waals surface area contributed by atoms with Gasteiger partial charge in [0.05, 0.1) is 22.6 Å². The third-order valence-corrected chi connectivity index (χ3v) is 6.62. The Hall–Kier alpha value is -2.52. The summed E-state index contributed by atoms with van der Waals surface area (Å²) < 4.78 is 11.7. The number of aromatic nitrogens is 1. The van der Waals surface area contributed by atoms with Gasteiger partial charge in [0.2, 0.25) is 5.91 Å². The number of rotatable bonds is 7. The first kappa shape index (κ1) is 21.7. The van der Waals surface area contributed by atoms with Gasteiger partial charge in [-0.15, -0.1) is 11.8 Å². The van der Waals surface area contributed by atoms with Crippen molar-refractivity contribution in [2.45, 2.75) is 55.2 Å². The van der Waals surface area contributed by atoms with Crippen molar-refractivity contribution in [3.05, 3.63) is 42.1 Å². The Morgan fingerprint density at radius 2 is 2.00 bits per heavy atom. The summed E-state index contributed by atoms with van der Waals surface area (Å²) >= 11 is 3.00. The maximum atomic E-state index is 12.7. The zero-order valence-electron chi connectivity index (χ0n) is 17.5. The lowest BCUT2D eigenvalue weighted by atomic mass is 10.2. The molecule has 1 unspecified atom stereocenters. The minimum atomic E-state index is -0.481. The van der Waals surface area contributed by atoms with E-state index in [1.807, 2.05) is 26.0 Å². The zero-order chi connectivity index (χ0) is 22.0. The molecule has 1 aromatic carbocycles. The third-order valence-electron chi connectivity index (χ3n) is 4.35. The second-order valence-electron chi connectivity index (χ2n) is 7.58. The lowest BCUT2D eigenvalue weighted by Gasteiger charge is -2.13. The molecule has 2 heterocycles. The molecule has 2 aliphatic rings. The Morgan fingerprint density at radius 3 is 2.61 bits per heavy atom. The summed E-state index contributed by atoms with van der Waals surface area (Å²) in [4.78, 5) is 32.9. The maximum Gasteiger partial charge on any atom is 0.279 e. The topological polar surface area (TPSA) is 89.9 Å². The molecule has 4 rings (SSSR count). The predicted molar refractivity (Wildman–Crippen MR) is 122 cm³/mol. The van der Waals surface area contributed by atoms with Gasteiger partial charge in [0.25, 0.3) is 5.91 Å². The second kappa shape index (κ2) is 9.32. The predicted octanol–water partition coefficient (Wildman–Crippen LogP) is 4.66. The quantitative estimate of drug-likeness (QED) is 0.646. The van der Waals surface area contributed by atoms with Crippen molar-refractivity contribution in [2.24, 2.45) is 4.99 Å². The first-order valence-corrected chi connectivity index (χ1v) is 11.8. The molecule has 1 aliphatic heterocycles. The van der Waals surface area contributed by atoms with Crippen molar-refractivity contribution >= 4 is 40.5 Å². The van der Waals surface area contributed by atoms with Gasteiger partial charge < -0.3 is 14.8 Å². The fourth-order valence-electron chi connectivity index (χ4n) is 2.75. The molecule has 0 radical (unpaired) electrons. The number of pyridine rings is 1. The molecule has 31 heavy (non-hydrogen) atoms. The monoisotopic (exact) mass is 457 g/mol. The van der Waals surface area contributed by atoms with E-state index < -0.39 is 5.91 Å². The van der Waals surface area contributed by atoms with Crippen LogP contribution in [0.2, 0.25) is 0 Å². The Morgan fingerprint density at radius 1 is 1.23 bits per heavy atom. The van der Waals surface area contributed by atoms with E-state index in [0.717, 1.165) is 5.03 Å². The first-order chi connectivity index (χ1) is 14.9. The zero-order valence-corrected chi connectivity index (χ0v) is 19.1. The van der Waals surface area contributed by atoms with Crippen LogP contribution in [0.1, 0.15) is 44.0 Å². The Bertz CT molecular complexity index is 1020. The van der Waals surface area contributed by atoms with Gasteiger partial charge in [-0.1, -0.05) is 11.8 Å². The van der Waals surface area contributed by atoms with Crippen LogP contribution in [-0.4, -0.2) is 38.6 Å². The van der Waals surface area contributed by atoms with E-state index in [1.54, 1.807) is 43.1 Å². The largest absolute Gasteiger partial charge is 0.491 e. The number of carbonyl (C=O) groups is 2. The number of hydrogen-bond acceptors (Lipinski definition) is 7. The summed E-state index contributed by atoms with van der Waals surface area (Å²) in [6, 6.07) is 8.76. The van der Waals surface area contributed by atoms with E-state index in [2.05, 4.69) is 15.3 Å². The second-order valence-corrected chi connectivity index (χ2v) is 10.2. The Balaban J connectivity index is 1.54. The van der Waals surface area contributed by atoms with Crippen LogP contribution in [-0.2, 0) is 4.79 Å². The maximum absolute atomic E-state index is 12.7. The summed E-state index contributed by atoms with van der Waals surface area (Å²) in [7, 11) is 0. The summed E-state index contributed by atoms with van der Waals surface area (Å²) in [5, 5.41) is 4.30. The summed E-state index contributed by atoms with van der Waals surface area (Å²) in [6.07, 6.45) is 4.09. The third kappa shape index (κ3) is 6.01. The number of amidine groups is 1. The molecule has 1 N–H and O–H groups in total. The average Bonchev–Trinajstić information content (AvgIpc) is 3.46. The number of ether oxygens (including phenoxy) is 2. The van der Waals surface area contributed by atoms with Crippen LogP contribution in [0.5, 0.6) is 17.2 Å². The van der Waals surface area contributed by atoms with Gasteiger partial charge in [0, 0.05) is 16.9 Å². The Kier molecular flexibility index (Phi) is 6.52. The average molecular weight is 458 g/mol. The summed E-state index contributed by atoms with van der Waals surface area (Å²) in [5.74, 6) is 0.876. The minimum Gasteiger partial charge on any atom is -0.491 e.